The van der Waals surface area contributed by atoms with E-state index in [1.807, 2.05) is 6.92 Å². The number of rotatable bonds is 5. The molecule has 1 N–H and O–H groups in total. The Labute approximate surface area is 109 Å². The van der Waals surface area contributed by atoms with Crippen LogP contribution in [0.25, 0.3) is 0 Å². The first-order valence-electron chi connectivity index (χ1n) is 6.92. The van der Waals surface area contributed by atoms with Gasteiger partial charge in [-0.3, -0.25) is 0 Å². The van der Waals surface area contributed by atoms with E-state index < -0.39 is 0 Å². The molecule has 2 heterocycles. The number of hydrogen-bond acceptors (Lipinski definition) is 5. The highest BCUT2D eigenvalue weighted by molar-refractivity contribution is 4.86. The van der Waals surface area contributed by atoms with Gasteiger partial charge in [0.05, 0.1) is 0 Å². The number of aryl methyl sites for hydroxylation is 1. The van der Waals surface area contributed by atoms with Gasteiger partial charge in [0.15, 0.2) is 5.82 Å². The molecule has 102 valence electrons. The second-order valence-corrected chi connectivity index (χ2v) is 5.34. The monoisotopic (exact) mass is 252 g/mol. The first kappa shape index (κ1) is 13.5. The Morgan fingerprint density at radius 2 is 2.11 bits per heavy atom. The fourth-order valence-electron chi connectivity index (χ4n) is 2.45. The molecule has 5 nitrogen and oxygen atoms in total. The molecule has 1 aliphatic rings. The number of hydrogen-bond donors (Lipinski definition) is 1. The largest absolute Gasteiger partial charge is 0.340 e. The van der Waals surface area contributed by atoms with E-state index in [4.69, 9.17) is 4.52 Å². The summed E-state index contributed by atoms with van der Waals surface area (Å²) in [6, 6.07) is 1.32. The molecule has 18 heavy (non-hydrogen) atoms. The molecule has 1 saturated heterocycles. The Hall–Kier alpha value is -0.940. The van der Waals surface area contributed by atoms with Crippen molar-refractivity contribution in [3.63, 3.8) is 0 Å². The van der Waals surface area contributed by atoms with Gasteiger partial charge in [-0.1, -0.05) is 5.16 Å². The number of piperidine rings is 1. The van der Waals surface area contributed by atoms with Crippen LogP contribution in [-0.2, 0) is 6.42 Å². The zero-order valence-electron chi connectivity index (χ0n) is 11.6. The first-order valence-corrected chi connectivity index (χ1v) is 6.92. The van der Waals surface area contributed by atoms with Crippen LogP contribution in [0.5, 0.6) is 0 Å². The molecule has 0 aromatic carbocycles. The van der Waals surface area contributed by atoms with E-state index in [1.54, 1.807) is 0 Å². The van der Waals surface area contributed by atoms with Crippen molar-refractivity contribution in [2.75, 3.05) is 19.6 Å². The van der Waals surface area contributed by atoms with Crippen molar-refractivity contribution in [1.29, 1.82) is 0 Å². The number of likely N-dealkylation sites (tertiary alicyclic amines) is 1. The van der Waals surface area contributed by atoms with Crippen LogP contribution in [0.4, 0.5) is 0 Å². The Balaban J connectivity index is 1.63. The summed E-state index contributed by atoms with van der Waals surface area (Å²) in [6.07, 6.45) is 3.33. The minimum atomic E-state index is 0.646. The quantitative estimate of drug-likeness (QED) is 0.858. The maximum atomic E-state index is 4.95. The lowest BCUT2D eigenvalue weighted by Crippen LogP contribution is -2.45. The molecule has 1 fully saturated rings. The highest BCUT2D eigenvalue weighted by Crippen LogP contribution is 2.12. The maximum Gasteiger partial charge on any atom is 0.223 e. The Bertz CT molecular complexity index is 356. The Kier molecular flexibility index (Phi) is 4.72. The van der Waals surface area contributed by atoms with Gasteiger partial charge in [-0.05, 0) is 39.8 Å². The van der Waals surface area contributed by atoms with Gasteiger partial charge in [0.2, 0.25) is 5.89 Å². The van der Waals surface area contributed by atoms with Crippen molar-refractivity contribution in [3.05, 3.63) is 11.7 Å². The van der Waals surface area contributed by atoms with E-state index >= 15 is 0 Å². The molecular weight excluding hydrogens is 228 g/mol. The highest BCUT2D eigenvalue weighted by Gasteiger charge is 2.20. The summed E-state index contributed by atoms with van der Waals surface area (Å²) in [5, 5.41) is 7.49. The lowest BCUT2D eigenvalue weighted by atomic mass is 10.0. The summed E-state index contributed by atoms with van der Waals surface area (Å²) in [6.45, 7) is 9.71. The first-order chi connectivity index (χ1) is 8.65. The molecule has 2 rings (SSSR count). The topological polar surface area (TPSA) is 54.2 Å². The molecule has 0 amide bonds. The number of aromatic nitrogens is 2. The second-order valence-electron chi connectivity index (χ2n) is 5.34. The zero-order valence-corrected chi connectivity index (χ0v) is 11.6. The van der Waals surface area contributed by atoms with Gasteiger partial charge >= 0.3 is 0 Å². The standard InChI is InChI=1S/C13H24N4O/c1-10(2)17-8-5-12(6-9-17)14-7-4-13-15-11(3)18-16-13/h10,12,14H,4-9H2,1-3H3. The predicted octanol–water partition coefficient (Wildman–Crippen LogP) is 1.38. The smallest absolute Gasteiger partial charge is 0.223 e. The van der Waals surface area contributed by atoms with Crippen molar-refractivity contribution < 1.29 is 4.52 Å². The Morgan fingerprint density at radius 1 is 1.39 bits per heavy atom. The van der Waals surface area contributed by atoms with Crippen molar-refractivity contribution in [2.24, 2.45) is 0 Å². The molecule has 0 saturated carbocycles. The molecule has 1 aromatic heterocycles. The summed E-state index contributed by atoms with van der Waals surface area (Å²) in [5.74, 6) is 1.45. The van der Waals surface area contributed by atoms with Crippen LogP contribution < -0.4 is 5.32 Å². The van der Waals surface area contributed by atoms with Crippen LogP contribution in [0.3, 0.4) is 0 Å². The summed E-state index contributed by atoms with van der Waals surface area (Å²) >= 11 is 0. The average Bonchev–Trinajstić information content (AvgIpc) is 2.76. The third kappa shape index (κ3) is 3.78. The normalized spacial score (nSPS) is 18.7. The maximum absolute atomic E-state index is 4.95. The summed E-state index contributed by atoms with van der Waals surface area (Å²) in [7, 11) is 0. The third-order valence-corrected chi connectivity index (χ3v) is 3.61. The van der Waals surface area contributed by atoms with Gasteiger partial charge in [-0.2, -0.15) is 4.98 Å². The molecule has 0 unspecified atom stereocenters. The SMILES string of the molecule is Cc1nc(CCNC2CCN(C(C)C)CC2)no1. The number of nitrogens with one attached hydrogen (secondary N) is 1. The third-order valence-electron chi connectivity index (χ3n) is 3.61. The molecule has 5 heteroatoms. The predicted molar refractivity (Wildman–Crippen MR) is 70.5 cm³/mol. The van der Waals surface area contributed by atoms with Crippen LogP contribution >= 0.6 is 0 Å². The Morgan fingerprint density at radius 3 is 2.67 bits per heavy atom. The van der Waals surface area contributed by atoms with Crippen LogP contribution in [0.15, 0.2) is 4.52 Å². The van der Waals surface area contributed by atoms with Gasteiger partial charge in [-0.25, -0.2) is 0 Å². The fraction of sp³-hybridized carbons (Fsp3) is 0.846. The van der Waals surface area contributed by atoms with Crippen LogP contribution in [0.2, 0.25) is 0 Å². The fourth-order valence-corrected chi connectivity index (χ4v) is 2.45. The van der Waals surface area contributed by atoms with Crippen molar-refractivity contribution >= 4 is 0 Å². The van der Waals surface area contributed by atoms with Crippen molar-refractivity contribution in [3.8, 4) is 0 Å². The van der Waals surface area contributed by atoms with E-state index in [1.165, 1.54) is 25.9 Å². The van der Waals surface area contributed by atoms with Gasteiger partial charge in [0.25, 0.3) is 0 Å². The van der Waals surface area contributed by atoms with Gasteiger partial charge in [0.1, 0.15) is 0 Å². The van der Waals surface area contributed by atoms with Crippen LogP contribution in [0, 0.1) is 6.92 Å². The molecular formula is C13H24N4O. The molecule has 0 bridgehead atoms. The summed E-state index contributed by atoms with van der Waals surface area (Å²) < 4.78 is 4.95. The van der Waals surface area contributed by atoms with Gasteiger partial charge in [0, 0.05) is 32.0 Å². The van der Waals surface area contributed by atoms with Crippen molar-refractivity contribution in [1.82, 2.24) is 20.4 Å². The molecule has 0 spiro atoms. The van der Waals surface area contributed by atoms with Crippen molar-refractivity contribution in [2.45, 2.75) is 52.1 Å². The molecule has 1 aromatic rings. The molecule has 0 aliphatic carbocycles. The summed E-state index contributed by atoms with van der Waals surface area (Å²) in [4.78, 5) is 6.74. The van der Waals surface area contributed by atoms with E-state index in [9.17, 15) is 0 Å². The van der Waals surface area contributed by atoms with E-state index in [0.717, 1.165) is 18.8 Å². The zero-order chi connectivity index (χ0) is 13.0. The molecule has 0 atom stereocenters. The lowest BCUT2D eigenvalue weighted by molar-refractivity contribution is 0.161. The van der Waals surface area contributed by atoms with Crippen LogP contribution in [0.1, 0.15) is 38.4 Å². The van der Waals surface area contributed by atoms with Crippen LogP contribution in [-0.4, -0.2) is 46.8 Å². The highest BCUT2D eigenvalue weighted by atomic mass is 16.5. The minimum Gasteiger partial charge on any atom is -0.340 e. The minimum absolute atomic E-state index is 0.646. The van der Waals surface area contributed by atoms with Gasteiger partial charge in [-0.15, -0.1) is 0 Å². The average molecular weight is 252 g/mol. The van der Waals surface area contributed by atoms with Gasteiger partial charge < -0.3 is 14.7 Å². The van der Waals surface area contributed by atoms with E-state index in [0.29, 0.717) is 18.0 Å². The van der Waals surface area contributed by atoms with E-state index in [2.05, 4.69) is 34.2 Å². The lowest BCUT2D eigenvalue weighted by Gasteiger charge is -2.34. The molecule has 1 aliphatic heterocycles. The van der Waals surface area contributed by atoms with E-state index in [-0.39, 0.29) is 0 Å². The molecule has 0 radical (unpaired) electrons. The second kappa shape index (κ2) is 6.29. The summed E-state index contributed by atoms with van der Waals surface area (Å²) in [5.41, 5.74) is 0. The number of nitrogens with zero attached hydrogens (tertiary/aromatic N) is 3.